The second kappa shape index (κ2) is 6.19. The van der Waals surface area contributed by atoms with Crippen LogP contribution in [0, 0.1) is 5.82 Å². The third-order valence-electron chi connectivity index (χ3n) is 4.99. The van der Waals surface area contributed by atoms with Crippen molar-refractivity contribution in [2.24, 2.45) is 0 Å². The maximum atomic E-state index is 13.2. The van der Waals surface area contributed by atoms with Crippen LogP contribution in [0.25, 0.3) is 16.7 Å². The highest BCUT2D eigenvalue weighted by molar-refractivity contribution is 6.05. The van der Waals surface area contributed by atoms with Crippen molar-refractivity contribution in [2.45, 2.75) is 19.3 Å². The number of aromatic nitrogens is 4. The number of halogens is 1. The van der Waals surface area contributed by atoms with Crippen LogP contribution in [0.1, 0.15) is 28.2 Å². The van der Waals surface area contributed by atoms with Gasteiger partial charge in [0.15, 0.2) is 5.69 Å². The number of hydrogen-bond acceptors (Lipinski definition) is 3. The second-order valence-corrected chi connectivity index (χ2v) is 6.81. The first kappa shape index (κ1) is 16.5. The van der Waals surface area contributed by atoms with Crippen LogP contribution in [0.3, 0.4) is 0 Å². The van der Waals surface area contributed by atoms with E-state index in [-0.39, 0.29) is 17.4 Å². The summed E-state index contributed by atoms with van der Waals surface area (Å²) in [6, 6.07) is 11.2. The maximum Gasteiger partial charge on any atom is 0.323 e. The molecular formula is C20H16FN5O2. The molecule has 1 aliphatic rings. The Labute approximate surface area is 158 Å². The van der Waals surface area contributed by atoms with E-state index in [0.29, 0.717) is 22.4 Å². The number of rotatable bonds is 3. The summed E-state index contributed by atoms with van der Waals surface area (Å²) in [7, 11) is 0. The fraction of sp³-hybridized carbons (Fsp3) is 0.150. The zero-order chi connectivity index (χ0) is 19.3. The van der Waals surface area contributed by atoms with Gasteiger partial charge in [0.25, 0.3) is 5.91 Å². The van der Waals surface area contributed by atoms with Gasteiger partial charge in [-0.05, 0) is 61.7 Å². The molecule has 2 heterocycles. The van der Waals surface area contributed by atoms with E-state index in [9.17, 15) is 14.0 Å². The zero-order valence-electron chi connectivity index (χ0n) is 14.8. The Bertz CT molecular complexity index is 1270. The first-order valence-corrected chi connectivity index (χ1v) is 8.98. The third-order valence-corrected chi connectivity index (χ3v) is 4.99. The summed E-state index contributed by atoms with van der Waals surface area (Å²) in [5.41, 5.74) is 4.57. The molecule has 0 unspecified atom stereocenters. The molecule has 140 valence electrons. The molecule has 2 aromatic heterocycles. The summed E-state index contributed by atoms with van der Waals surface area (Å²) in [6.45, 7) is 0. The molecule has 0 saturated heterocycles. The highest BCUT2D eigenvalue weighted by atomic mass is 19.1. The molecule has 0 atom stereocenters. The molecule has 7 nitrogen and oxygen atoms in total. The zero-order valence-corrected chi connectivity index (χ0v) is 14.8. The quantitative estimate of drug-likeness (QED) is 0.512. The van der Waals surface area contributed by atoms with Crippen molar-refractivity contribution in [3.63, 3.8) is 0 Å². The number of nitrogens with zero attached hydrogens (tertiary/aromatic N) is 2. The number of carbonyl (C=O) groups excluding carboxylic acids is 1. The van der Waals surface area contributed by atoms with Gasteiger partial charge in [0.1, 0.15) is 5.82 Å². The van der Waals surface area contributed by atoms with Crippen LogP contribution in [-0.2, 0) is 12.8 Å². The number of anilines is 1. The Balaban J connectivity index is 1.49. The normalized spacial score (nSPS) is 13.0. The summed E-state index contributed by atoms with van der Waals surface area (Å²) in [5, 5.41) is 7.36. The summed E-state index contributed by atoms with van der Waals surface area (Å²) in [5.74, 6) is -0.625. The van der Waals surface area contributed by atoms with Gasteiger partial charge in [-0.15, -0.1) is 0 Å². The largest absolute Gasteiger partial charge is 0.323 e. The van der Waals surface area contributed by atoms with Crippen molar-refractivity contribution >= 4 is 22.6 Å². The van der Waals surface area contributed by atoms with Crippen molar-refractivity contribution in [1.82, 2.24) is 19.7 Å². The maximum absolute atomic E-state index is 13.2. The van der Waals surface area contributed by atoms with Crippen molar-refractivity contribution in [3.8, 4) is 5.69 Å². The van der Waals surface area contributed by atoms with E-state index in [1.165, 1.54) is 12.1 Å². The van der Waals surface area contributed by atoms with Gasteiger partial charge in [0.05, 0.1) is 16.7 Å². The highest BCUT2D eigenvalue weighted by Crippen LogP contribution is 2.28. The number of imidazole rings is 1. The molecule has 1 amide bonds. The van der Waals surface area contributed by atoms with Gasteiger partial charge < -0.3 is 15.3 Å². The van der Waals surface area contributed by atoms with E-state index < -0.39 is 0 Å². The van der Waals surface area contributed by atoms with E-state index in [1.807, 2.05) is 0 Å². The lowest BCUT2D eigenvalue weighted by Crippen LogP contribution is -2.15. The van der Waals surface area contributed by atoms with Crippen LogP contribution >= 0.6 is 0 Å². The van der Waals surface area contributed by atoms with Gasteiger partial charge in [0, 0.05) is 16.9 Å². The minimum Gasteiger partial charge on any atom is -0.321 e. The molecule has 2 aromatic carbocycles. The van der Waals surface area contributed by atoms with E-state index in [4.69, 9.17) is 0 Å². The molecule has 0 bridgehead atoms. The van der Waals surface area contributed by atoms with Crippen LogP contribution in [0.5, 0.6) is 0 Å². The molecule has 0 fully saturated rings. The Morgan fingerprint density at radius 1 is 1.07 bits per heavy atom. The number of carbonyl (C=O) groups is 1. The SMILES string of the molecule is O=C(Nc1ccc2[nH]c(=O)[nH]c2c1)c1nn(-c2ccc(F)cc2)c2c1CCC2. The van der Waals surface area contributed by atoms with Crippen LogP contribution in [0.4, 0.5) is 10.1 Å². The predicted octanol–water partition coefficient (Wildman–Crippen LogP) is 2.92. The fourth-order valence-electron chi connectivity index (χ4n) is 3.72. The first-order valence-electron chi connectivity index (χ1n) is 8.98. The Morgan fingerprint density at radius 3 is 2.68 bits per heavy atom. The van der Waals surface area contributed by atoms with Crippen LogP contribution in [-0.4, -0.2) is 25.7 Å². The molecule has 0 spiro atoms. The monoisotopic (exact) mass is 377 g/mol. The summed E-state index contributed by atoms with van der Waals surface area (Å²) >= 11 is 0. The van der Waals surface area contributed by atoms with Crippen LogP contribution in [0.2, 0.25) is 0 Å². The van der Waals surface area contributed by atoms with Crippen molar-refractivity contribution < 1.29 is 9.18 Å². The minimum atomic E-state index is -0.316. The molecule has 4 aromatic rings. The lowest BCUT2D eigenvalue weighted by Gasteiger charge is -2.06. The molecule has 1 aliphatic carbocycles. The number of H-pyrrole nitrogens is 2. The lowest BCUT2D eigenvalue weighted by molar-refractivity contribution is 0.102. The Kier molecular flexibility index (Phi) is 3.65. The molecule has 8 heteroatoms. The molecule has 0 radical (unpaired) electrons. The van der Waals surface area contributed by atoms with Crippen LogP contribution < -0.4 is 11.0 Å². The molecule has 28 heavy (non-hydrogen) atoms. The molecule has 0 aliphatic heterocycles. The summed E-state index contributed by atoms with van der Waals surface area (Å²) < 4.78 is 15.0. The summed E-state index contributed by atoms with van der Waals surface area (Å²) in [6.07, 6.45) is 2.55. The van der Waals surface area contributed by atoms with Gasteiger partial charge in [0.2, 0.25) is 0 Å². The number of benzene rings is 2. The van der Waals surface area contributed by atoms with Crippen molar-refractivity contribution in [1.29, 1.82) is 0 Å². The Hall–Kier alpha value is -3.68. The van der Waals surface area contributed by atoms with Crippen molar-refractivity contribution in [2.75, 3.05) is 5.32 Å². The number of hydrogen-bond donors (Lipinski definition) is 3. The molecule has 3 N–H and O–H groups in total. The topological polar surface area (TPSA) is 95.6 Å². The Morgan fingerprint density at radius 2 is 1.86 bits per heavy atom. The van der Waals surface area contributed by atoms with Gasteiger partial charge >= 0.3 is 5.69 Å². The smallest absolute Gasteiger partial charge is 0.321 e. The molecule has 0 saturated carbocycles. The fourth-order valence-corrected chi connectivity index (χ4v) is 3.72. The third kappa shape index (κ3) is 2.70. The minimum absolute atomic E-state index is 0.297. The van der Waals surface area contributed by atoms with Crippen molar-refractivity contribution in [3.05, 3.63) is 75.7 Å². The van der Waals surface area contributed by atoms with Gasteiger partial charge in [-0.3, -0.25) is 4.79 Å². The van der Waals surface area contributed by atoms with E-state index in [2.05, 4.69) is 20.4 Å². The second-order valence-electron chi connectivity index (χ2n) is 6.81. The predicted molar refractivity (Wildman–Crippen MR) is 102 cm³/mol. The molecule has 5 rings (SSSR count). The number of fused-ring (bicyclic) bond motifs is 2. The average molecular weight is 377 g/mol. The number of aromatic amines is 2. The van der Waals surface area contributed by atoms with Crippen LogP contribution in [0.15, 0.2) is 47.3 Å². The van der Waals surface area contributed by atoms with Gasteiger partial charge in [-0.2, -0.15) is 5.10 Å². The number of nitrogens with one attached hydrogen (secondary N) is 3. The standard InChI is InChI=1S/C20H16FN5O2/c21-11-4-7-13(8-5-11)26-17-3-1-2-14(17)18(25-26)19(27)22-12-6-9-15-16(10-12)24-20(28)23-15/h4-10H,1-3H2,(H,22,27)(H2,23,24,28). The first-order chi connectivity index (χ1) is 13.6. The van der Waals surface area contributed by atoms with E-state index in [0.717, 1.165) is 36.2 Å². The average Bonchev–Trinajstić information content (AvgIpc) is 3.36. The molecular weight excluding hydrogens is 361 g/mol. The van der Waals surface area contributed by atoms with E-state index >= 15 is 0 Å². The lowest BCUT2D eigenvalue weighted by atomic mass is 10.2. The van der Waals surface area contributed by atoms with E-state index in [1.54, 1.807) is 35.0 Å². The summed E-state index contributed by atoms with van der Waals surface area (Å²) in [4.78, 5) is 29.6. The van der Waals surface area contributed by atoms with Gasteiger partial charge in [-0.25, -0.2) is 13.9 Å². The van der Waals surface area contributed by atoms with Gasteiger partial charge in [-0.1, -0.05) is 0 Å². The number of amides is 1. The highest BCUT2D eigenvalue weighted by Gasteiger charge is 2.27.